The van der Waals surface area contributed by atoms with Crippen LogP contribution in [0.5, 0.6) is 0 Å². The van der Waals surface area contributed by atoms with Crippen LogP contribution < -0.4 is 5.32 Å². The molecule has 0 saturated carbocycles. The van der Waals surface area contributed by atoms with Crippen LogP contribution in [0.15, 0.2) is 48.6 Å². The number of alkyl carbamates (subject to hydrolysis) is 1. The first-order chi connectivity index (χ1) is 15.8. The number of carbonyl (C=O) groups is 1. The maximum absolute atomic E-state index is 12.6. The Bertz CT molecular complexity index is 749. The van der Waals surface area contributed by atoms with Crippen molar-refractivity contribution in [3.8, 4) is 0 Å². The summed E-state index contributed by atoms with van der Waals surface area (Å²) < 4.78 is 43.0. The minimum atomic E-state index is -4.30. The second-order valence-electron chi connectivity index (χ2n) is 8.68. The number of nitrogens with one attached hydrogen (secondary N) is 1. The van der Waals surface area contributed by atoms with Gasteiger partial charge in [-0.25, -0.2) is 4.79 Å². The lowest BCUT2D eigenvalue weighted by atomic mass is 10.0. The summed E-state index contributed by atoms with van der Waals surface area (Å²) in [5.41, 5.74) is 0.818. The standard InChI is InChI=1S/C18H25F3N2O2.C6H9Br.C2H6/c1-17(2,3)25-16(24)22-15-8-10-23(11-9-15)12-13-4-6-14(7-5-13)18(19,20)21;1-3-4-6(2)5-7;1-2/h4-7,15H,8-12H2,1-3H3,(H,22,24);3-4H,2,5H2,1H3;1-2H3/b;4-3-;. The molecule has 0 atom stereocenters. The normalized spacial score (nSPS) is 15.0. The van der Waals surface area contributed by atoms with E-state index in [1.807, 2.05) is 53.7 Å². The van der Waals surface area contributed by atoms with Crippen molar-refractivity contribution in [3.05, 3.63) is 59.7 Å². The SMILES string of the molecule is C=C(/C=C\C)CBr.CC.CC(C)(C)OC(=O)NC1CCN(Cc2ccc(C(F)(F)F)cc2)CC1. The topological polar surface area (TPSA) is 41.6 Å². The number of carbonyl (C=O) groups excluding carboxylic acids is 1. The highest BCUT2D eigenvalue weighted by Gasteiger charge is 2.30. The van der Waals surface area contributed by atoms with E-state index in [1.54, 1.807) is 0 Å². The van der Waals surface area contributed by atoms with Crippen LogP contribution >= 0.6 is 15.9 Å². The van der Waals surface area contributed by atoms with Crippen molar-refractivity contribution < 1.29 is 22.7 Å². The number of hydrogen-bond donors (Lipinski definition) is 1. The molecule has 1 aromatic rings. The summed E-state index contributed by atoms with van der Waals surface area (Å²) in [7, 11) is 0. The number of ether oxygens (including phenoxy) is 1. The van der Waals surface area contributed by atoms with E-state index in [0.29, 0.717) is 6.54 Å². The van der Waals surface area contributed by atoms with E-state index >= 15 is 0 Å². The molecule has 0 aromatic heterocycles. The van der Waals surface area contributed by atoms with Crippen molar-refractivity contribution in [3.63, 3.8) is 0 Å². The second-order valence-corrected chi connectivity index (χ2v) is 9.24. The number of piperidine rings is 1. The molecule has 1 heterocycles. The number of alkyl halides is 4. The third-order valence-corrected chi connectivity index (χ3v) is 5.29. The van der Waals surface area contributed by atoms with E-state index in [9.17, 15) is 18.0 Å². The number of hydrogen-bond acceptors (Lipinski definition) is 3. The molecule has 1 aliphatic rings. The van der Waals surface area contributed by atoms with Crippen molar-refractivity contribution in [2.24, 2.45) is 0 Å². The van der Waals surface area contributed by atoms with Crippen LogP contribution in [0.3, 0.4) is 0 Å². The summed E-state index contributed by atoms with van der Waals surface area (Å²) in [4.78, 5) is 13.9. The van der Waals surface area contributed by atoms with E-state index in [0.717, 1.165) is 54.5 Å². The molecule has 1 aromatic carbocycles. The first kappa shape index (κ1) is 32.2. The molecule has 1 aliphatic heterocycles. The molecule has 0 unspecified atom stereocenters. The van der Waals surface area contributed by atoms with E-state index in [-0.39, 0.29) is 6.04 Å². The second kappa shape index (κ2) is 16.0. The Balaban J connectivity index is 0.00000104. The molecule has 0 spiro atoms. The van der Waals surface area contributed by atoms with Crippen molar-refractivity contribution in [1.29, 1.82) is 0 Å². The Kier molecular flexibility index (Phi) is 15.1. The number of nitrogens with zero attached hydrogens (tertiary/aromatic N) is 1. The Morgan fingerprint density at radius 3 is 2.09 bits per heavy atom. The maximum atomic E-state index is 12.6. The van der Waals surface area contributed by atoms with Gasteiger partial charge in [0.15, 0.2) is 0 Å². The van der Waals surface area contributed by atoms with E-state index in [4.69, 9.17) is 4.74 Å². The van der Waals surface area contributed by atoms with Gasteiger partial charge in [0.25, 0.3) is 0 Å². The third-order valence-electron chi connectivity index (χ3n) is 4.57. The fourth-order valence-electron chi connectivity index (χ4n) is 3.05. The molecule has 1 fully saturated rings. The van der Waals surface area contributed by atoms with Crippen molar-refractivity contribution >= 4 is 22.0 Å². The van der Waals surface area contributed by atoms with Crippen LogP contribution in [0.2, 0.25) is 0 Å². The summed E-state index contributed by atoms with van der Waals surface area (Å²) in [6, 6.07) is 5.35. The lowest BCUT2D eigenvalue weighted by Crippen LogP contribution is -2.45. The van der Waals surface area contributed by atoms with Gasteiger partial charge in [-0.1, -0.05) is 60.6 Å². The summed E-state index contributed by atoms with van der Waals surface area (Å²) in [5.74, 6) is 0. The lowest BCUT2D eigenvalue weighted by Gasteiger charge is -2.32. The Morgan fingerprint density at radius 1 is 1.18 bits per heavy atom. The van der Waals surface area contributed by atoms with Gasteiger partial charge in [-0.15, -0.1) is 0 Å². The van der Waals surface area contributed by atoms with Gasteiger partial charge in [0.2, 0.25) is 0 Å². The molecule has 1 amide bonds. The minimum Gasteiger partial charge on any atom is -0.444 e. The van der Waals surface area contributed by atoms with Gasteiger partial charge in [0.05, 0.1) is 5.56 Å². The summed E-state index contributed by atoms with van der Waals surface area (Å²) in [6.07, 6.45) is 0.830. The summed E-state index contributed by atoms with van der Waals surface area (Å²) >= 11 is 3.26. The molecule has 0 aliphatic carbocycles. The van der Waals surface area contributed by atoms with Crippen LogP contribution in [0.1, 0.15) is 65.5 Å². The Labute approximate surface area is 211 Å². The van der Waals surface area contributed by atoms with Gasteiger partial charge < -0.3 is 10.1 Å². The van der Waals surface area contributed by atoms with E-state index < -0.39 is 23.4 Å². The highest BCUT2D eigenvalue weighted by Crippen LogP contribution is 2.29. The molecule has 8 heteroatoms. The minimum absolute atomic E-state index is 0.0682. The van der Waals surface area contributed by atoms with Gasteiger partial charge in [-0.05, 0) is 63.8 Å². The average Bonchev–Trinajstić information content (AvgIpc) is 2.75. The first-order valence-electron chi connectivity index (χ1n) is 11.6. The number of likely N-dealkylation sites (tertiary alicyclic amines) is 1. The Morgan fingerprint density at radius 2 is 1.71 bits per heavy atom. The smallest absolute Gasteiger partial charge is 0.416 e. The molecule has 1 N–H and O–H groups in total. The number of benzene rings is 1. The fraction of sp³-hybridized carbons (Fsp3) is 0.577. The average molecular weight is 550 g/mol. The van der Waals surface area contributed by atoms with Gasteiger partial charge in [0, 0.05) is 31.0 Å². The largest absolute Gasteiger partial charge is 0.444 e. The van der Waals surface area contributed by atoms with Crippen LogP contribution in [-0.4, -0.2) is 41.1 Å². The van der Waals surface area contributed by atoms with Crippen LogP contribution in [-0.2, 0) is 17.5 Å². The number of halogens is 4. The molecular weight excluding hydrogens is 509 g/mol. The number of allylic oxidation sites excluding steroid dienone is 3. The lowest BCUT2D eigenvalue weighted by molar-refractivity contribution is -0.137. The molecule has 1 saturated heterocycles. The highest BCUT2D eigenvalue weighted by molar-refractivity contribution is 9.09. The van der Waals surface area contributed by atoms with E-state index in [1.165, 1.54) is 12.1 Å². The monoisotopic (exact) mass is 548 g/mol. The first-order valence-corrected chi connectivity index (χ1v) is 12.7. The van der Waals surface area contributed by atoms with Crippen LogP contribution in [0, 0.1) is 0 Å². The van der Waals surface area contributed by atoms with Gasteiger partial charge in [-0.3, -0.25) is 4.90 Å². The zero-order chi connectivity index (χ0) is 26.4. The quantitative estimate of drug-likeness (QED) is 0.302. The molecule has 194 valence electrons. The van der Waals surface area contributed by atoms with Crippen molar-refractivity contribution in [2.45, 2.75) is 78.7 Å². The number of rotatable bonds is 5. The molecule has 0 radical (unpaired) electrons. The van der Waals surface area contributed by atoms with Gasteiger partial charge in [-0.2, -0.15) is 13.2 Å². The van der Waals surface area contributed by atoms with Gasteiger partial charge >= 0.3 is 12.3 Å². The van der Waals surface area contributed by atoms with Crippen molar-refractivity contribution in [2.75, 3.05) is 18.4 Å². The van der Waals surface area contributed by atoms with E-state index in [2.05, 4.69) is 32.7 Å². The van der Waals surface area contributed by atoms with Crippen LogP contribution in [0.25, 0.3) is 0 Å². The molecule has 0 bridgehead atoms. The zero-order valence-electron chi connectivity index (χ0n) is 21.3. The molecule has 2 rings (SSSR count). The Hall–Kier alpha value is -1.80. The third kappa shape index (κ3) is 14.5. The van der Waals surface area contributed by atoms with Gasteiger partial charge in [0.1, 0.15) is 5.60 Å². The van der Waals surface area contributed by atoms with Crippen molar-refractivity contribution in [1.82, 2.24) is 10.2 Å². The molecule has 34 heavy (non-hydrogen) atoms. The molecular formula is C26H40BrF3N2O2. The fourth-order valence-corrected chi connectivity index (χ4v) is 3.23. The predicted octanol–water partition coefficient (Wildman–Crippen LogP) is 7.73. The molecule has 4 nitrogen and oxygen atoms in total. The predicted molar refractivity (Wildman–Crippen MR) is 138 cm³/mol. The summed E-state index contributed by atoms with van der Waals surface area (Å²) in [6.45, 7) is 17.3. The zero-order valence-corrected chi connectivity index (χ0v) is 22.9. The number of amides is 1. The highest BCUT2D eigenvalue weighted by atomic mass is 79.9. The maximum Gasteiger partial charge on any atom is 0.416 e. The summed E-state index contributed by atoms with van der Waals surface area (Å²) in [5, 5.41) is 3.74. The van der Waals surface area contributed by atoms with Crippen LogP contribution in [0.4, 0.5) is 18.0 Å².